The van der Waals surface area contributed by atoms with E-state index in [2.05, 4.69) is 26.6 Å². The van der Waals surface area contributed by atoms with Gasteiger partial charge in [-0.1, -0.05) is 24.3 Å². The number of benzene rings is 3. The van der Waals surface area contributed by atoms with Gasteiger partial charge in [-0.3, -0.25) is 9.78 Å². The number of amides is 1. The Morgan fingerprint density at radius 3 is 2.39 bits per heavy atom. The molecule has 2 aromatic heterocycles. The van der Waals surface area contributed by atoms with Crippen molar-refractivity contribution in [2.75, 3.05) is 31.1 Å². The summed E-state index contributed by atoms with van der Waals surface area (Å²) in [6.07, 6.45) is 1.76. The van der Waals surface area contributed by atoms with E-state index in [4.69, 9.17) is 9.97 Å². The number of imidazole rings is 1. The Balaban J connectivity index is 1.44. The van der Waals surface area contributed by atoms with Crippen molar-refractivity contribution in [1.29, 1.82) is 0 Å². The Morgan fingerprint density at radius 1 is 0.889 bits per heavy atom. The summed E-state index contributed by atoms with van der Waals surface area (Å²) < 4.78 is 15.7. The third-order valence-electron chi connectivity index (χ3n) is 6.75. The fourth-order valence-corrected chi connectivity index (χ4v) is 4.78. The van der Waals surface area contributed by atoms with Crippen LogP contribution >= 0.6 is 0 Å². The summed E-state index contributed by atoms with van der Waals surface area (Å²) >= 11 is 0. The van der Waals surface area contributed by atoms with E-state index in [-0.39, 0.29) is 11.7 Å². The molecule has 180 valence electrons. The highest BCUT2D eigenvalue weighted by atomic mass is 19.1. The van der Waals surface area contributed by atoms with Crippen molar-refractivity contribution in [3.05, 3.63) is 84.3 Å². The van der Waals surface area contributed by atoms with E-state index in [1.54, 1.807) is 25.3 Å². The van der Waals surface area contributed by atoms with E-state index in [0.29, 0.717) is 31.2 Å². The number of carbonyl (C=O) groups is 1. The topological polar surface area (TPSA) is 67.2 Å². The van der Waals surface area contributed by atoms with Crippen molar-refractivity contribution in [2.24, 2.45) is 0 Å². The second-order valence-electron chi connectivity index (χ2n) is 9.06. The van der Waals surface area contributed by atoms with Gasteiger partial charge in [0.1, 0.15) is 11.5 Å². The van der Waals surface area contributed by atoms with Crippen LogP contribution in [-0.2, 0) is 11.3 Å². The van der Waals surface area contributed by atoms with Crippen molar-refractivity contribution in [3.8, 4) is 11.5 Å². The van der Waals surface area contributed by atoms with Crippen LogP contribution in [-0.4, -0.2) is 56.5 Å². The first kappa shape index (κ1) is 22.2. The molecule has 0 atom stereocenters. The third-order valence-corrected chi connectivity index (χ3v) is 6.75. The first-order valence-electron chi connectivity index (χ1n) is 12.0. The molecule has 1 aliphatic heterocycles. The van der Waals surface area contributed by atoms with Crippen LogP contribution in [0.15, 0.2) is 72.9 Å². The van der Waals surface area contributed by atoms with E-state index in [1.165, 1.54) is 12.1 Å². The van der Waals surface area contributed by atoms with Gasteiger partial charge >= 0.3 is 0 Å². The summed E-state index contributed by atoms with van der Waals surface area (Å²) in [5.41, 5.74) is 6.19. The van der Waals surface area contributed by atoms with Gasteiger partial charge in [0, 0.05) is 45.3 Å². The zero-order valence-electron chi connectivity index (χ0n) is 19.9. The lowest BCUT2D eigenvalue weighted by Gasteiger charge is -2.35. The lowest BCUT2D eigenvalue weighted by atomic mass is 10.2. The largest absolute Gasteiger partial charge is 0.368 e. The molecular formula is C28H25FN6O. The molecule has 1 aliphatic rings. The quantitative estimate of drug-likeness (QED) is 0.379. The normalized spacial score (nSPS) is 14.1. The minimum Gasteiger partial charge on any atom is -0.368 e. The second-order valence-corrected chi connectivity index (χ2v) is 9.06. The Morgan fingerprint density at radius 2 is 1.64 bits per heavy atom. The molecule has 0 N–H and O–H groups in total. The SMILES string of the molecule is CC(=O)N1CCN(c2ccc3nc(-c4cnc5ccccc5n4)n(Cc4ccc(F)cc4)c3c2)CC1. The summed E-state index contributed by atoms with van der Waals surface area (Å²) in [7, 11) is 0. The second kappa shape index (κ2) is 9.03. The lowest BCUT2D eigenvalue weighted by Crippen LogP contribution is -2.48. The van der Waals surface area contributed by atoms with Gasteiger partial charge in [0.2, 0.25) is 5.91 Å². The lowest BCUT2D eigenvalue weighted by molar-refractivity contribution is -0.129. The molecule has 0 aliphatic carbocycles. The average Bonchev–Trinajstić information content (AvgIpc) is 3.27. The van der Waals surface area contributed by atoms with E-state index in [1.807, 2.05) is 35.2 Å². The molecule has 36 heavy (non-hydrogen) atoms. The van der Waals surface area contributed by atoms with Gasteiger partial charge in [-0.2, -0.15) is 0 Å². The van der Waals surface area contributed by atoms with Crippen LogP contribution in [0.2, 0.25) is 0 Å². The number of hydrogen-bond acceptors (Lipinski definition) is 5. The predicted octanol–water partition coefficient (Wildman–Crippen LogP) is 4.50. The molecule has 0 bridgehead atoms. The molecule has 1 fully saturated rings. The predicted molar refractivity (Wildman–Crippen MR) is 138 cm³/mol. The van der Waals surface area contributed by atoms with Crippen molar-refractivity contribution in [3.63, 3.8) is 0 Å². The van der Waals surface area contributed by atoms with E-state index in [0.717, 1.165) is 46.4 Å². The van der Waals surface area contributed by atoms with E-state index in [9.17, 15) is 9.18 Å². The van der Waals surface area contributed by atoms with Gasteiger partial charge in [0.15, 0.2) is 5.82 Å². The van der Waals surface area contributed by atoms with Crippen molar-refractivity contribution < 1.29 is 9.18 Å². The minimum absolute atomic E-state index is 0.114. The molecule has 0 spiro atoms. The number of para-hydroxylation sites is 2. The molecule has 1 saturated heterocycles. The molecule has 8 heteroatoms. The molecular weight excluding hydrogens is 455 g/mol. The monoisotopic (exact) mass is 480 g/mol. The summed E-state index contributed by atoms with van der Waals surface area (Å²) in [5.74, 6) is 0.566. The van der Waals surface area contributed by atoms with Gasteiger partial charge in [-0.05, 0) is 48.0 Å². The molecule has 3 aromatic carbocycles. The molecule has 7 nitrogen and oxygen atoms in total. The number of nitrogens with zero attached hydrogens (tertiary/aromatic N) is 6. The molecule has 0 unspecified atom stereocenters. The summed E-state index contributed by atoms with van der Waals surface area (Å²) in [5, 5.41) is 0. The molecule has 0 radical (unpaired) electrons. The third kappa shape index (κ3) is 4.15. The van der Waals surface area contributed by atoms with E-state index >= 15 is 0 Å². The van der Waals surface area contributed by atoms with Crippen LogP contribution < -0.4 is 4.90 Å². The standard InChI is InChI=1S/C28H25FN6O/c1-19(36)33-12-14-34(15-13-33)22-10-11-25-27(16-22)35(18-20-6-8-21(29)9-7-20)28(32-25)26-17-30-23-4-2-3-5-24(23)31-26/h2-11,16-17H,12-15,18H2,1H3. The van der Waals surface area contributed by atoms with Crippen LogP contribution in [0.5, 0.6) is 0 Å². The summed E-state index contributed by atoms with van der Waals surface area (Å²) in [6, 6.07) is 20.6. The van der Waals surface area contributed by atoms with Crippen LogP contribution in [0.1, 0.15) is 12.5 Å². The maximum atomic E-state index is 13.6. The Kier molecular flexibility index (Phi) is 5.56. The Hall–Kier alpha value is -4.33. The first-order chi connectivity index (χ1) is 17.5. The van der Waals surface area contributed by atoms with Crippen LogP contribution in [0, 0.1) is 5.82 Å². The van der Waals surface area contributed by atoms with E-state index < -0.39 is 0 Å². The fourth-order valence-electron chi connectivity index (χ4n) is 4.78. The fraction of sp³-hybridized carbons (Fsp3) is 0.214. The molecule has 0 saturated carbocycles. The van der Waals surface area contributed by atoms with Gasteiger partial charge in [-0.15, -0.1) is 0 Å². The van der Waals surface area contributed by atoms with Crippen LogP contribution in [0.25, 0.3) is 33.6 Å². The van der Waals surface area contributed by atoms with Gasteiger partial charge in [0.25, 0.3) is 0 Å². The maximum absolute atomic E-state index is 13.6. The molecule has 5 aromatic rings. The minimum atomic E-state index is -0.262. The number of piperazine rings is 1. The maximum Gasteiger partial charge on any atom is 0.219 e. The number of carbonyl (C=O) groups excluding carboxylic acids is 1. The van der Waals surface area contributed by atoms with Gasteiger partial charge in [-0.25, -0.2) is 14.4 Å². The zero-order valence-corrected chi connectivity index (χ0v) is 19.9. The van der Waals surface area contributed by atoms with Crippen LogP contribution in [0.4, 0.5) is 10.1 Å². The smallest absolute Gasteiger partial charge is 0.219 e. The molecule has 6 rings (SSSR count). The number of halogens is 1. The van der Waals surface area contributed by atoms with Gasteiger partial charge in [0.05, 0.1) is 28.3 Å². The average molecular weight is 481 g/mol. The zero-order chi connectivity index (χ0) is 24.6. The van der Waals surface area contributed by atoms with Crippen molar-refractivity contribution >= 4 is 33.7 Å². The highest BCUT2D eigenvalue weighted by Crippen LogP contribution is 2.29. The summed E-state index contributed by atoms with van der Waals surface area (Å²) in [6.45, 7) is 5.11. The van der Waals surface area contributed by atoms with Gasteiger partial charge < -0.3 is 14.4 Å². The molecule has 3 heterocycles. The number of rotatable bonds is 4. The van der Waals surface area contributed by atoms with Crippen molar-refractivity contribution in [2.45, 2.75) is 13.5 Å². The number of anilines is 1. The number of hydrogen-bond donors (Lipinski definition) is 0. The Labute approximate surface area is 207 Å². The highest BCUT2D eigenvalue weighted by molar-refractivity contribution is 5.85. The Bertz CT molecular complexity index is 1570. The summed E-state index contributed by atoms with van der Waals surface area (Å²) in [4.78, 5) is 30.3. The van der Waals surface area contributed by atoms with Crippen LogP contribution in [0.3, 0.4) is 0 Å². The highest BCUT2D eigenvalue weighted by Gasteiger charge is 2.21. The molecule has 1 amide bonds. The number of fused-ring (bicyclic) bond motifs is 2. The number of aromatic nitrogens is 4. The first-order valence-corrected chi connectivity index (χ1v) is 12.0. The van der Waals surface area contributed by atoms with Crippen molar-refractivity contribution in [1.82, 2.24) is 24.4 Å².